The molecule has 60 heavy (non-hydrogen) atoms. The SMILES string of the molecule is CCCN(Cc1ncc(-c2ccc3cc(-c4ccc(-c5cnc(CN(CCC)C(=O)[C@H](NC(=O)OC)c6ccc(OC)cc6)[nH]5)cc4)ccc3c2)[nH]1)C(=O)CNC(=O)OC. The Bertz CT molecular complexity index is 2410. The smallest absolute Gasteiger partial charge is 0.407 e. The highest BCUT2D eigenvalue weighted by molar-refractivity contribution is 5.91. The van der Waals surface area contributed by atoms with Gasteiger partial charge in [0, 0.05) is 18.7 Å². The Morgan fingerprint density at radius 1 is 0.650 bits per heavy atom. The maximum atomic E-state index is 13.9. The number of carbonyl (C=O) groups excluding carboxylic acids is 4. The van der Waals surface area contributed by atoms with E-state index in [1.165, 1.54) is 14.2 Å². The first-order valence-electron chi connectivity index (χ1n) is 19.7. The molecule has 0 spiro atoms. The number of benzene rings is 4. The molecular formula is C45H50N8O7. The summed E-state index contributed by atoms with van der Waals surface area (Å²) in [6, 6.07) is 26.8. The van der Waals surface area contributed by atoms with Crippen LogP contribution in [0.5, 0.6) is 5.75 Å². The summed E-state index contributed by atoms with van der Waals surface area (Å²) >= 11 is 0. The van der Waals surface area contributed by atoms with Gasteiger partial charge in [0.05, 0.1) is 58.2 Å². The molecule has 15 heteroatoms. The summed E-state index contributed by atoms with van der Waals surface area (Å²) in [6.07, 6.45) is 3.63. The van der Waals surface area contributed by atoms with Gasteiger partial charge in [-0.2, -0.15) is 0 Å². The van der Waals surface area contributed by atoms with Crippen molar-refractivity contribution in [3.63, 3.8) is 0 Å². The lowest BCUT2D eigenvalue weighted by Gasteiger charge is -2.27. The Morgan fingerprint density at radius 2 is 1.18 bits per heavy atom. The van der Waals surface area contributed by atoms with Crippen LogP contribution in [-0.4, -0.2) is 94.7 Å². The van der Waals surface area contributed by atoms with Crippen LogP contribution in [0.15, 0.2) is 97.3 Å². The fourth-order valence-corrected chi connectivity index (χ4v) is 6.85. The molecule has 0 saturated heterocycles. The maximum Gasteiger partial charge on any atom is 0.407 e. The van der Waals surface area contributed by atoms with Crippen LogP contribution in [0.2, 0.25) is 0 Å². The summed E-state index contributed by atoms with van der Waals surface area (Å²) in [4.78, 5) is 69.6. The Balaban J connectivity index is 1.11. The minimum atomic E-state index is -0.962. The maximum absolute atomic E-state index is 13.9. The average Bonchev–Trinajstić information content (AvgIpc) is 3.96. The second-order valence-corrected chi connectivity index (χ2v) is 14.1. The van der Waals surface area contributed by atoms with Crippen molar-refractivity contribution >= 4 is 34.8 Å². The second-order valence-electron chi connectivity index (χ2n) is 14.1. The Morgan fingerprint density at radius 3 is 1.78 bits per heavy atom. The van der Waals surface area contributed by atoms with Gasteiger partial charge in [-0.1, -0.05) is 74.5 Å². The van der Waals surface area contributed by atoms with Gasteiger partial charge in [0.25, 0.3) is 0 Å². The van der Waals surface area contributed by atoms with Crippen molar-refractivity contribution in [2.45, 2.75) is 45.8 Å². The molecule has 4 aromatic carbocycles. The highest BCUT2D eigenvalue weighted by Gasteiger charge is 2.28. The number of hydrogen-bond donors (Lipinski definition) is 4. The molecule has 4 amide bonds. The first-order valence-corrected chi connectivity index (χ1v) is 19.7. The molecule has 2 aromatic heterocycles. The first kappa shape index (κ1) is 42.4. The Labute approximate surface area is 348 Å². The van der Waals surface area contributed by atoms with Crippen molar-refractivity contribution < 1.29 is 33.4 Å². The molecule has 0 unspecified atom stereocenters. The standard InChI is InChI=1S/C45H50N8O7/c1-6-20-52(41(54)26-48-44(56)59-4)27-39-47-25-38(50-39)35-15-14-33-22-32(12-13-34(33)23-35)29-8-10-30(11-9-29)37-24-46-40(49-37)28-53(21-7-2)43(55)42(51-45(57)60-5)31-16-18-36(58-3)19-17-31/h8-19,22-25,42H,6-7,20-21,26-28H2,1-5H3,(H,46,49)(H,47,50)(H,48,56)(H,51,57)/t42-/m1/s1. The molecule has 15 nitrogen and oxygen atoms in total. The van der Waals surface area contributed by atoms with Gasteiger partial charge in [-0.15, -0.1) is 0 Å². The molecule has 6 aromatic rings. The van der Waals surface area contributed by atoms with Gasteiger partial charge in [-0.25, -0.2) is 19.6 Å². The number of nitrogens with zero attached hydrogens (tertiary/aromatic N) is 4. The molecule has 0 aliphatic carbocycles. The summed E-state index contributed by atoms with van der Waals surface area (Å²) < 4.78 is 14.7. The molecule has 0 bridgehead atoms. The number of aromatic nitrogens is 4. The molecular weight excluding hydrogens is 765 g/mol. The zero-order chi connectivity index (χ0) is 42.6. The predicted octanol–water partition coefficient (Wildman–Crippen LogP) is 7.23. The van der Waals surface area contributed by atoms with Gasteiger partial charge in [-0.3, -0.25) is 9.59 Å². The summed E-state index contributed by atoms with van der Waals surface area (Å²) in [5.41, 5.74) is 6.28. The van der Waals surface area contributed by atoms with Crippen LogP contribution in [0.1, 0.15) is 49.9 Å². The molecule has 312 valence electrons. The summed E-state index contributed by atoms with van der Waals surface area (Å²) in [5, 5.41) is 7.28. The van der Waals surface area contributed by atoms with Crippen LogP contribution in [0, 0.1) is 0 Å². The van der Waals surface area contributed by atoms with Gasteiger partial charge < -0.3 is 44.6 Å². The van der Waals surface area contributed by atoms with E-state index in [0.717, 1.165) is 50.8 Å². The van der Waals surface area contributed by atoms with Crippen molar-refractivity contribution in [2.24, 2.45) is 0 Å². The normalized spacial score (nSPS) is 11.4. The third kappa shape index (κ3) is 10.5. The van der Waals surface area contributed by atoms with Crippen LogP contribution in [-0.2, 0) is 32.2 Å². The molecule has 0 saturated carbocycles. The van der Waals surface area contributed by atoms with E-state index >= 15 is 0 Å². The number of hydrogen-bond acceptors (Lipinski definition) is 9. The van der Waals surface area contributed by atoms with Crippen LogP contribution < -0.4 is 15.4 Å². The van der Waals surface area contributed by atoms with Crippen molar-refractivity contribution in [1.82, 2.24) is 40.4 Å². The lowest BCUT2D eigenvalue weighted by Crippen LogP contribution is -2.43. The average molecular weight is 815 g/mol. The van der Waals surface area contributed by atoms with E-state index in [0.29, 0.717) is 42.5 Å². The molecule has 0 aliphatic rings. The first-order chi connectivity index (χ1) is 29.1. The van der Waals surface area contributed by atoms with Gasteiger partial charge >= 0.3 is 12.2 Å². The van der Waals surface area contributed by atoms with Crippen molar-refractivity contribution in [3.8, 4) is 39.4 Å². The molecule has 0 fully saturated rings. The van der Waals surface area contributed by atoms with Gasteiger partial charge in [-0.05, 0) is 70.1 Å². The molecule has 6 rings (SSSR count). The molecule has 2 heterocycles. The molecule has 1 atom stereocenters. The Hall–Kier alpha value is -7.16. The number of rotatable bonds is 17. The van der Waals surface area contributed by atoms with Crippen LogP contribution in [0.25, 0.3) is 44.4 Å². The van der Waals surface area contributed by atoms with Crippen LogP contribution in [0.3, 0.4) is 0 Å². The van der Waals surface area contributed by atoms with E-state index < -0.39 is 18.2 Å². The summed E-state index contributed by atoms with van der Waals surface area (Å²) in [7, 11) is 4.08. The predicted molar refractivity (Wildman–Crippen MR) is 228 cm³/mol. The number of ether oxygens (including phenoxy) is 3. The number of carbonyl (C=O) groups is 4. The monoisotopic (exact) mass is 814 g/mol. The zero-order valence-electron chi connectivity index (χ0n) is 34.4. The van der Waals surface area contributed by atoms with E-state index in [1.54, 1.807) is 53.6 Å². The number of imidazole rings is 2. The number of methoxy groups -OCH3 is 3. The van der Waals surface area contributed by atoms with E-state index in [2.05, 4.69) is 77.8 Å². The lowest BCUT2D eigenvalue weighted by atomic mass is 9.98. The highest BCUT2D eigenvalue weighted by atomic mass is 16.5. The number of H-pyrrole nitrogens is 2. The van der Waals surface area contributed by atoms with Crippen molar-refractivity contribution in [2.75, 3.05) is 41.0 Å². The minimum absolute atomic E-state index is 0.153. The molecule has 4 N–H and O–H groups in total. The largest absolute Gasteiger partial charge is 0.497 e. The quantitative estimate of drug-likeness (QED) is 0.0738. The van der Waals surface area contributed by atoms with E-state index in [9.17, 15) is 19.2 Å². The van der Waals surface area contributed by atoms with E-state index in [-0.39, 0.29) is 31.4 Å². The highest BCUT2D eigenvalue weighted by Crippen LogP contribution is 2.30. The number of fused-ring (bicyclic) bond motifs is 1. The zero-order valence-corrected chi connectivity index (χ0v) is 34.4. The van der Waals surface area contributed by atoms with E-state index in [1.807, 2.05) is 32.0 Å². The lowest BCUT2D eigenvalue weighted by molar-refractivity contribution is -0.134. The molecule has 0 aliphatic heterocycles. The third-order valence-corrected chi connectivity index (χ3v) is 9.98. The third-order valence-electron chi connectivity index (χ3n) is 9.98. The van der Waals surface area contributed by atoms with Gasteiger partial charge in [0.15, 0.2) is 0 Å². The Kier molecular flexibility index (Phi) is 14.2. The number of nitrogens with one attached hydrogen (secondary N) is 4. The number of aromatic amines is 2. The summed E-state index contributed by atoms with van der Waals surface area (Å²) in [5.74, 6) is 1.38. The van der Waals surface area contributed by atoms with Crippen LogP contribution in [0.4, 0.5) is 9.59 Å². The molecule has 0 radical (unpaired) electrons. The minimum Gasteiger partial charge on any atom is -0.497 e. The van der Waals surface area contributed by atoms with Gasteiger partial charge in [0.1, 0.15) is 30.0 Å². The van der Waals surface area contributed by atoms with Gasteiger partial charge in [0.2, 0.25) is 11.8 Å². The van der Waals surface area contributed by atoms with Crippen molar-refractivity contribution in [1.29, 1.82) is 0 Å². The topological polar surface area (TPSA) is 184 Å². The van der Waals surface area contributed by atoms with E-state index in [4.69, 9.17) is 9.47 Å². The second kappa shape index (κ2) is 20.0. The number of alkyl carbamates (subject to hydrolysis) is 2. The van der Waals surface area contributed by atoms with Crippen LogP contribution >= 0.6 is 0 Å². The van der Waals surface area contributed by atoms with Crippen molar-refractivity contribution in [3.05, 3.63) is 115 Å². The fraction of sp³-hybridized carbons (Fsp3) is 0.289. The number of amides is 4. The summed E-state index contributed by atoms with van der Waals surface area (Å²) in [6.45, 7) is 5.31. The fourth-order valence-electron chi connectivity index (χ4n) is 6.85.